The fraction of sp³-hybridized carbons (Fsp3) is 0.714. The first kappa shape index (κ1) is 14.3. The molecule has 1 aliphatic rings. The molecular formula is C14H26N2O. The molecule has 1 unspecified atom stereocenters. The van der Waals surface area contributed by atoms with Crippen LogP contribution in [-0.2, 0) is 4.74 Å². The number of ether oxygens (including phenoxy) is 1. The molecule has 1 rings (SSSR count). The predicted octanol–water partition coefficient (Wildman–Crippen LogP) is 2.47. The number of morpholine rings is 1. The molecule has 0 amide bonds. The Balaban J connectivity index is 2.83. The van der Waals surface area contributed by atoms with Crippen molar-refractivity contribution in [3.05, 3.63) is 24.0 Å². The third kappa shape index (κ3) is 3.58. The highest BCUT2D eigenvalue weighted by molar-refractivity contribution is 5.17. The van der Waals surface area contributed by atoms with Gasteiger partial charge in [0.05, 0.1) is 13.2 Å². The van der Waals surface area contributed by atoms with Gasteiger partial charge in [0.1, 0.15) is 0 Å². The van der Waals surface area contributed by atoms with Gasteiger partial charge < -0.3 is 9.64 Å². The molecule has 0 aromatic carbocycles. The lowest BCUT2D eigenvalue weighted by molar-refractivity contribution is 0.0230. The Morgan fingerprint density at radius 2 is 2.00 bits per heavy atom. The molecule has 1 saturated heterocycles. The summed E-state index contributed by atoms with van der Waals surface area (Å²) in [4.78, 5) is 4.73. The van der Waals surface area contributed by atoms with E-state index in [9.17, 15) is 0 Å². The molecule has 0 spiro atoms. The fourth-order valence-electron chi connectivity index (χ4n) is 2.48. The van der Waals surface area contributed by atoms with E-state index in [2.05, 4.69) is 44.1 Å². The Morgan fingerprint density at radius 3 is 2.41 bits per heavy atom. The quantitative estimate of drug-likeness (QED) is 0.732. The minimum atomic E-state index is 0.432. The maximum Gasteiger partial charge on any atom is 0.0594 e. The van der Waals surface area contributed by atoms with Gasteiger partial charge in [-0.25, -0.2) is 0 Å². The van der Waals surface area contributed by atoms with Crippen LogP contribution in [-0.4, -0.2) is 48.7 Å². The molecule has 1 heterocycles. The Morgan fingerprint density at radius 1 is 1.41 bits per heavy atom. The third-order valence-electron chi connectivity index (χ3n) is 3.37. The molecule has 0 radical (unpaired) electrons. The molecule has 0 aromatic rings. The van der Waals surface area contributed by atoms with Gasteiger partial charge in [-0.2, -0.15) is 0 Å². The van der Waals surface area contributed by atoms with Gasteiger partial charge in [-0.3, -0.25) is 4.90 Å². The van der Waals surface area contributed by atoms with Gasteiger partial charge in [0.2, 0.25) is 0 Å². The average molecular weight is 238 g/mol. The molecule has 98 valence electrons. The van der Waals surface area contributed by atoms with E-state index in [0.29, 0.717) is 6.04 Å². The monoisotopic (exact) mass is 238 g/mol. The normalized spacial score (nSPS) is 18.6. The SMILES string of the molecule is C=CN(CC)C(=C(C)C)C(C)N1CCOCC1. The van der Waals surface area contributed by atoms with Crippen molar-refractivity contribution in [3.8, 4) is 0 Å². The minimum Gasteiger partial charge on any atom is -0.379 e. The summed E-state index contributed by atoms with van der Waals surface area (Å²) < 4.78 is 5.41. The van der Waals surface area contributed by atoms with Crippen LogP contribution in [0, 0.1) is 0 Å². The van der Waals surface area contributed by atoms with E-state index in [1.54, 1.807) is 0 Å². The number of nitrogens with zero attached hydrogens (tertiary/aromatic N) is 2. The van der Waals surface area contributed by atoms with Gasteiger partial charge in [0.15, 0.2) is 0 Å². The first-order valence-corrected chi connectivity index (χ1v) is 6.50. The summed E-state index contributed by atoms with van der Waals surface area (Å²) in [7, 11) is 0. The van der Waals surface area contributed by atoms with Crippen molar-refractivity contribution in [1.29, 1.82) is 0 Å². The smallest absolute Gasteiger partial charge is 0.0594 e. The molecule has 0 saturated carbocycles. The summed E-state index contributed by atoms with van der Waals surface area (Å²) in [6.45, 7) is 17.4. The molecule has 3 nitrogen and oxygen atoms in total. The summed E-state index contributed by atoms with van der Waals surface area (Å²) in [5.41, 5.74) is 2.75. The second kappa shape index (κ2) is 6.82. The maximum absolute atomic E-state index is 5.41. The van der Waals surface area contributed by atoms with Crippen molar-refractivity contribution in [1.82, 2.24) is 9.80 Å². The number of likely N-dealkylation sites (N-methyl/N-ethyl adjacent to an activating group) is 1. The zero-order chi connectivity index (χ0) is 12.8. The van der Waals surface area contributed by atoms with E-state index in [0.717, 1.165) is 32.8 Å². The van der Waals surface area contributed by atoms with Gasteiger partial charge in [0, 0.05) is 31.4 Å². The summed E-state index contributed by atoms with van der Waals surface area (Å²) in [5, 5.41) is 0. The molecule has 0 bridgehead atoms. The number of hydrogen-bond donors (Lipinski definition) is 0. The average Bonchev–Trinajstić information content (AvgIpc) is 2.35. The third-order valence-corrected chi connectivity index (χ3v) is 3.37. The summed E-state index contributed by atoms with van der Waals surface area (Å²) in [5.74, 6) is 0. The molecule has 3 heteroatoms. The molecule has 0 aliphatic carbocycles. The Hall–Kier alpha value is -0.800. The predicted molar refractivity (Wildman–Crippen MR) is 72.8 cm³/mol. The number of hydrogen-bond acceptors (Lipinski definition) is 3. The highest BCUT2D eigenvalue weighted by Crippen LogP contribution is 2.20. The van der Waals surface area contributed by atoms with Gasteiger partial charge in [-0.1, -0.05) is 12.2 Å². The van der Waals surface area contributed by atoms with Gasteiger partial charge in [0.25, 0.3) is 0 Å². The van der Waals surface area contributed by atoms with Crippen LogP contribution in [0.2, 0.25) is 0 Å². The van der Waals surface area contributed by atoms with Gasteiger partial charge in [-0.15, -0.1) is 0 Å². The first-order chi connectivity index (χ1) is 8.11. The van der Waals surface area contributed by atoms with Crippen molar-refractivity contribution < 1.29 is 4.74 Å². The highest BCUT2D eigenvalue weighted by atomic mass is 16.5. The van der Waals surface area contributed by atoms with E-state index in [-0.39, 0.29) is 0 Å². The summed E-state index contributed by atoms with van der Waals surface area (Å²) in [6.07, 6.45) is 1.93. The first-order valence-electron chi connectivity index (χ1n) is 6.50. The highest BCUT2D eigenvalue weighted by Gasteiger charge is 2.23. The van der Waals surface area contributed by atoms with Crippen LogP contribution in [0.1, 0.15) is 27.7 Å². The van der Waals surface area contributed by atoms with Crippen LogP contribution in [0.4, 0.5) is 0 Å². The second-order valence-electron chi connectivity index (χ2n) is 4.68. The van der Waals surface area contributed by atoms with Crippen molar-refractivity contribution in [2.45, 2.75) is 33.7 Å². The Bertz CT molecular complexity index is 276. The van der Waals surface area contributed by atoms with Crippen LogP contribution in [0.25, 0.3) is 0 Å². The van der Waals surface area contributed by atoms with Crippen LogP contribution < -0.4 is 0 Å². The lowest BCUT2D eigenvalue weighted by Gasteiger charge is -2.37. The largest absolute Gasteiger partial charge is 0.379 e. The molecule has 17 heavy (non-hydrogen) atoms. The fourth-order valence-corrected chi connectivity index (χ4v) is 2.48. The molecule has 1 atom stereocenters. The topological polar surface area (TPSA) is 15.7 Å². The van der Waals surface area contributed by atoms with Crippen molar-refractivity contribution in [2.75, 3.05) is 32.8 Å². The maximum atomic E-state index is 5.41. The van der Waals surface area contributed by atoms with Crippen molar-refractivity contribution >= 4 is 0 Å². The van der Waals surface area contributed by atoms with Crippen LogP contribution in [0.15, 0.2) is 24.0 Å². The molecular weight excluding hydrogens is 212 g/mol. The van der Waals surface area contributed by atoms with Crippen LogP contribution in [0.3, 0.4) is 0 Å². The molecule has 0 aromatic heterocycles. The zero-order valence-corrected chi connectivity index (χ0v) is 11.7. The van der Waals surface area contributed by atoms with Crippen LogP contribution >= 0.6 is 0 Å². The van der Waals surface area contributed by atoms with Crippen LogP contribution in [0.5, 0.6) is 0 Å². The van der Waals surface area contributed by atoms with Crippen molar-refractivity contribution in [2.24, 2.45) is 0 Å². The number of rotatable bonds is 5. The van der Waals surface area contributed by atoms with E-state index in [4.69, 9.17) is 4.74 Å². The standard InChI is InChI=1S/C14H26N2O/c1-6-15(7-2)14(12(3)4)13(5)16-8-10-17-11-9-16/h6,13H,1,7-11H2,2-5H3. The summed E-state index contributed by atoms with van der Waals surface area (Å²) >= 11 is 0. The molecule has 1 fully saturated rings. The van der Waals surface area contributed by atoms with E-state index in [1.165, 1.54) is 11.3 Å². The molecule has 1 aliphatic heterocycles. The minimum absolute atomic E-state index is 0.432. The Labute approximate surface area is 106 Å². The van der Waals surface area contributed by atoms with E-state index < -0.39 is 0 Å². The number of allylic oxidation sites excluding steroid dienone is 1. The van der Waals surface area contributed by atoms with Gasteiger partial charge in [-0.05, 0) is 33.9 Å². The van der Waals surface area contributed by atoms with E-state index in [1.807, 2.05) is 6.20 Å². The van der Waals surface area contributed by atoms with Crippen molar-refractivity contribution in [3.63, 3.8) is 0 Å². The van der Waals surface area contributed by atoms with E-state index >= 15 is 0 Å². The van der Waals surface area contributed by atoms with Gasteiger partial charge >= 0.3 is 0 Å². The Kier molecular flexibility index (Phi) is 5.72. The summed E-state index contributed by atoms with van der Waals surface area (Å²) in [6, 6.07) is 0.432. The lowest BCUT2D eigenvalue weighted by Crippen LogP contribution is -2.45. The second-order valence-corrected chi connectivity index (χ2v) is 4.68. The molecule has 0 N–H and O–H groups in total. The zero-order valence-electron chi connectivity index (χ0n) is 11.7. The lowest BCUT2D eigenvalue weighted by atomic mass is 10.1.